The molecule has 0 spiro atoms. The third-order valence-electron chi connectivity index (χ3n) is 3.58. The molecule has 2 rings (SSSR count). The van der Waals surface area contributed by atoms with Crippen molar-refractivity contribution >= 4 is 10.0 Å². The molecule has 0 amide bonds. The summed E-state index contributed by atoms with van der Waals surface area (Å²) in [5.74, 6) is 0. The zero-order valence-corrected chi connectivity index (χ0v) is 13.4. The number of sulfonamides is 1. The first kappa shape index (κ1) is 17.3. The highest BCUT2D eigenvalue weighted by Crippen LogP contribution is 2.12. The van der Waals surface area contributed by atoms with E-state index in [4.69, 9.17) is 0 Å². The molecule has 6 nitrogen and oxygen atoms in total. The highest BCUT2D eigenvalue weighted by molar-refractivity contribution is 7.89. The second-order valence-electron chi connectivity index (χ2n) is 5.67. The molecule has 0 aliphatic carbocycles. The van der Waals surface area contributed by atoms with Gasteiger partial charge in [0, 0.05) is 18.8 Å². The summed E-state index contributed by atoms with van der Waals surface area (Å²) in [7, 11) is -3.73. The number of alkyl halides is 2. The maximum atomic E-state index is 12.3. The standard InChI is InChI=1S/C13H22F2N4O2S/c1-11(8-18-5-3-2-4-6-18)17-22(20,21)12-7-16-19(9-12)10-13(14)15/h7,9,11,13,17H,2-6,8,10H2,1H3/t11-/m0/s1. The molecule has 1 fully saturated rings. The Bertz CT molecular complexity index is 570. The lowest BCUT2D eigenvalue weighted by molar-refractivity contribution is 0.121. The third kappa shape index (κ3) is 4.99. The maximum Gasteiger partial charge on any atom is 0.257 e. The van der Waals surface area contributed by atoms with Crippen LogP contribution in [0, 0.1) is 0 Å². The summed E-state index contributed by atoms with van der Waals surface area (Å²) in [5.41, 5.74) is 0. The summed E-state index contributed by atoms with van der Waals surface area (Å²) in [5, 5.41) is 3.65. The van der Waals surface area contributed by atoms with Crippen molar-refractivity contribution in [2.45, 2.75) is 50.1 Å². The van der Waals surface area contributed by atoms with Crippen molar-refractivity contribution in [1.29, 1.82) is 0 Å². The van der Waals surface area contributed by atoms with Gasteiger partial charge >= 0.3 is 0 Å². The van der Waals surface area contributed by atoms with E-state index < -0.39 is 23.0 Å². The number of hydrogen-bond acceptors (Lipinski definition) is 4. The molecule has 9 heteroatoms. The summed E-state index contributed by atoms with van der Waals surface area (Å²) >= 11 is 0. The molecule has 2 heterocycles. The fourth-order valence-electron chi connectivity index (χ4n) is 2.62. The van der Waals surface area contributed by atoms with E-state index in [1.165, 1.54) is 6.42 Å². The Morgan fingerprint density at radius 2 is 1.95 bits per heavy atom. The predicted molar refractivity (Wildman–Crippen MR) is 78.3 cm³/mol. The molecule has 1 aliphatic heterocycles. The SMILES string of the molecule is C[C@@H](CN1CCCCC1)NS(=O)(=O)c1cnn(CC(F)F)c1. The first-order valence-corrected chi connectivity index (χ1v) is 8.90. The first-order chi connectivity index (χ1) is 10.4. The van der Waals surface area contributed by atoms with Gasteiger partial charge in [0.1, 0.15) is 11.4 Å². The van der Waals surface area contributed by atoms with Crippen molar-refractivity contribution < 1.29 is 17.2 Å². The molecule has 0 radical (unpaired) electrons. The number of piperidine rings is 1. The van der Waals surface area contributed by atoms with E-state index in [1.54, 1.807) is 6.92 Å². The Kier molecular flexibility index (Phi) is 5.87. The number of nitrogens with zero attached hydrogens (tertiary/aromatic N) is 3. The Balaban J connectivity index is 1.93. The lowest BCUT2D eigenvalue weighted by Gasteiger charge is -2.29. The zero-order valence-electron chi connectivity index (χ0n) is 12.6. The van der Waals surface area contributed by atoms with E-state index in [0.29, 0.717) is 6.54 Å². The monoisotopic (exact) mass is 336 g/mol. The molecule has 126 valence electrons. The minimum Gasteiger partial charge on any atom is -0.302 e. The van der Waals surface area contributed by atoms with Gasteiger partial charge in [-0.1, -0.05) is 6.42 Å². The summed E-state index contributed by atoms with van der Waals surface area (Å²) < 4.78 is 52.5. The average Bonchev–Trinajstić information content (AvgIpc) is 2.87. The molecular weight excluding hydrogens is 314 g/mol. The van der Waals surface area contributed by atoms with Gasteiger partial charge in [0.15, 0.2) is 0 Å². The van der Waals surface area contributed by atoms with E-state index in [9.17, 15) is 17.2 Å². The average molecular weight is 336 g/mol. The number of hydrogen-bond donors (Lipinski definition) is 1. The summed E-state index contributed by atoms with van der Waals surface area (Å²) in [6, 6.07) is -0.249. The molecule has 1 aliphatic rings. The molecule has 0 saturated carbocycles. The van der Waals surface area contributed by atoms with Gasteiger partial charge in [-0.05, 0) is 32.9 Å². The minimum atomic E-state index is -3.73. The smallest absolute Gasteiger partial charge is 0.257 e. The number of rotatable bonds is 7. The molecule has 22 heavy (non-hydrogen) atoms. The normalized spacial score (nSPS) is 18.7. The van der Waals surface area contributed by atoms with Gasteiger partial charge in [-0.15, -0.1) is 0 Å². The fourth-order valence-corrected chi connectivity index (χ4v) is 3.81. The van der Waals surface area contributed by atoms with E-state index in [1.807, 2.05) is 0 Å². The highest BCUT2D eigenvalue weighted by Gasteiger charge is 2.22. The number of likely N-dealkylation sites (tertiary alicyclic amines) is 1. The van der Waals surface area contributed by atoms with Crippen molar-refractivity contribution in [2.24, 2.45) is 0 Å². The molecule has 1 aromatic rings. The minimum absolute atomic E-state index is 0.0846. The lowest BCUT2D eigenvalue weighted by Crippen LogP contribution is -2.43. The number of nitrogens with one attached hydrogen (secondary N) is 1. The summed E-state index contributed by atoms with van der Waals surface area (Å²) in [6.07, 6.45) is 3.15. The van der Waals surface area contributed by atoms with Gasteiger partial charge in [-0.2, -0.15) is 5.10 Å². The molecule has 0 unspecified atom stereocenters. The van der Waals surface area contributed by atoms with Crippen molar-refractivity contribution in [1.82, 2.24) is 19.4 Å². The van der Waals surface area contributed by atoms with Crippen LogP contribution in [-0.2, 0) is 16.6 Å². The van der Waals surface area contributed by atoms with Gasteiger partial charge in [-0.3, -0.25) is 4.68 Å². The van der Waals surface area contributed by atoms with Crippen molar-refractivity contribution in [3.63, 3.8) is 0 Å². The van der Waals surface area contributed by atoms with Crippen LogP contribution in [0.15, 0.2) is 17.3 Å². The Morgan fingerprint density at radius 1 is 1.27 bits per heavy atom. The first-order valence-electron chi connectivity index (χ1n) is 7.42. The maximum absolute atomic E-state index is 12.3. The third-order valence-corrected chi connectivity index (χ3v) is 5.13. The number of aromatic nitrogens is 2. The van der Waals surface area contributed by atoms with Crippen LogP contribution in [0.2, 0.25) is 0 Å². The largest absolute Gasteiger partial charge is 0.302 e. The molecule has 1 saturated heterocycles. The Morgan fingerprint density at radius 3 is 2.59 bits per heavy atom. The molecular formula is C13H22F2N4O2S. The van der Waals surface area contributed by atoms with Crippen LogP contribution in [-0.4, -0.2) is 55.2 Å². The molecule has 0 bridgehead atoms. The van der Waals surface area contributed by atoms with Gasteiger partial charge in [0.25, 0.3) is 6.43 Å². The Labute approximate surface area is 129 Å². The summed E-state index contributed by atoms with van der Waals surface area (Å²) in [4.78, 5) is 2.15. The van der Waals surface area contributed by atoms with Gasteiger partial charge in [-0.25, -0.2) is 21.9 Å². The quantitative estimate of drug-likeness (QED) is 0.815. The van der Waals surface area contributed by atoms with Crippen molar-refractivity contribution in [3.05, 3.63) is 12.4 Å². The zero-order chi connectivity index (χ0) is 16.2. The van der Waals surface area contributed by atoms with Crippen LogP contribution in [0.1, 0.15) is 26.2 Å². The molecule has 1 aromatic heterocycles. The summed E-state index contributed by atoms with van der Waals surface area (Å²) in [6.45, 7) is 3.80. The topological polar surface area (TPSA) is 67.2 Å². The van der Waals surface area contributed by atoms with Gasteiger partial charge in [0.2, 0.25) is 10.0 Å². The van der Waals surface area contributed by atoms with Crippen LogP contribution >= 0.6 is 0 Å². The van der Waals surface area contributed by atoms with Crippen molar-refractivity contribution in [3.8, 4) is 0 Å². The van der Waals surface area contributed by atoms with Crippen LogP contribution in [0.3, 0.4) is 0 Å². The van der Waals surface area contributed by atoms with E-state index >= 15 is 0 Å². The Hall–Kier alpha value is -1.06. The molecule has 1 atom stereocenters. The van der Waals surface area contributed by atoms with E-state index in [0.717, 1.165) is 43.0 Å². The fraction of sp³-hybridized carbons (Fsp3) is 0.769. The van der Waals surface area contributed by atoms with Crippen LogP contribution < -0.4 is 4.72 Å². The van der Waals surface area contributed by atoms with E-state index in [-0.39, 0.29) is 10.9 Å². The molecule has 0 aromatic carbocycles. The van der Waals surface area contributed by atoms with Crippen molar-refractivity contribution in [2.75, 3.05) is 19.6 Å². The second-order valence-corrected chi connectivity index (χ2v) is 7.39. The van der Waals surface area contributed by atoms with E-state index in [2.05, 4.69) is 14.7 Å². The van der Waals surface area contributed by atoms with Crippen LogP contribution in [0.5, 0.6) is 0 Å². The second kappa shape index (κ2) is 7.47. The lowest BCUT2D eigenvalue weighted by atomic mass is 10.1. The van der Waals surface area contributed by atoms with Crippen LogP contribution in [0.25, 0.3) is 0 Å². The van der Waals surface area contributed by atoms with Gasteiger partial charge < -0.3 is 4.90 Å². The molecule has 1 N–H and O–H groups in total. The van der Waals surface area contributed by atoms with Gasteiger partial charge in [0.05, 0.1) is 6.20 Å². The highest BCUT2D eigenvalue weighted by atomic mass is 32.2. The number of halogens is 2. The van der Waals surface area contributed by atoms with Crippen LogP contribution in [0.4, 0.5) is 8.78 Å². The predicted octanol–water partition coefficient (Wildman–Crippen LogP) is 1.30.